The molecule has 1 heterocycles. The number of fused-ring (bicyclic) bond motifs is 1. The van der Waals surface area contributed by atoms with Crippen LogP contribution in [0.5, 0.6) is 0 Å². The Balaban J connectivity index is 2.22. The molecule has 0 aromatic rings. The average Bonchev–Trinajstić information content (AvgIpc) is 2.41. The van der Waals surface area contributed by atoms with Gasteiger partial charge in [0.05, 0.1) is 6.61 Å². The molecule has 2 aliphatic rings. The largest absolute Gasteiger partial charge is 0.462 e. The van der Waals surface area contributed by atoms with Gasteiger partial charge in [-0.25, -0.2) is 4.79 Å². The molecule has 1 aliphatic carbocycles. The summed E-state index contributed by atoms with van der Waals surface area (Å²) in [6, 6.07) is 0. The molecule has 76 valence electrons. The van der Waals surface area contributed by atoms with E-state index in [-0.39, 0.29) is 17.7 Å². The van der Waals surface area contributed by atoms with Crippen molar-refractivity contribution >= 4 is 11.8 Å². The number of ketones is 1. The van der Waals surface area contributed by atoms with Gasteiger partial charge < -0.3 is 4.74 Å². The fourth-order valence-corrected chi connectivity index (χ4v) is 2.09. The number of allylic oxidation sites excluding steroid dienone is 1. The summed E-state index contributed by atoms with van der Waals surface area (Å²) in [6.07, 6.45) is 3.88. The van der Waals surface area contributed by atoms with E-state index in [1.807, 2.05) is 13.0 Å². The third-order valence-electron chi connectivity index (χ3n) is 2.88. The van der Waals surface area contributed by atoms with E-state index in [0.717, 1.165) is 12.0 Å². The Morgan fingerprint density at radius 3 is 2.93 bits per heavy atom. The van der Waals surface area contributed by atoms with Gasteiger partial charge in [-0.15, -0.1) is 0 Å². The lowest BCUT2D eigenvalue weighted by atomic mass is 9.87. The topological polar surface area (TPSA) is 43.4 Å². The molecule has 0 bridgehead atoms. The van der Waals surface area contributed by atoms with Crippen molar-refractivity contribution in [2.75, 3.05) is 6.61 Å². The molecule has 1 fully saturated rings. The Morgan fingerprint density at radius 1 is 1.36 bits per heavy atom. The Morgan fingerprint density at radius 2 is 2.14 bits per heavy atom. The predicted octanol–water partition coefficient (Wildman–Crippen LogP) is 1.47. The van der Waals surface area contributed by atoms with Crippen LogP contribution in [0.1, 0.15) is 26.2 Å². The number of rotatable bonds is 0. The molecule has 0 saturated carbocycles. The predicted molar refractivity (Wildman–Crippen MR) is 50.6 cm³/mol. The molecule has 0 unspecified atom stereocenters. The lowest BCUT2D eigenvalue weighted by molar-refractivity contribution is -0.135. The van der Waals surface area contributed by atoms with Crippen molar-refractivity contribution in [3.63, 3.8) is 0 Å². The molecule has 2 rings (SSSR count). The summed E-state index contributed by atoms with van der Waals surface area (Å²) in [5.41, 5.74) is 0.727. The van der Waals surface area contributed by atoms with E-state index < -0.39 is 0 Å². The number of ether oxygens (including phenoxy) is 1. The van der Waals surface area contributed by atoms with Crippen LogP contribution in [0.2, 0.25) is 0 Å². The smallest absolute Gasteiger partial charge is 0.334 e. The summed E-state index contributed by atoms with van der Waals surface area (Å²) >= 11 is 0. The van der Waals surface area contributed by atoms with Crippen molar-refractivity contribution in [3.05, 3.63) is 11.6 Å². The first-order valence-electron chi connectivity index (χ1n) is 5.05. The zero-order valence-electron chi connectivity index (χ0n) is 8.29. The Labute approximate surface area is 83.1 Å². The fraction of sp³-hybridized carbons (Fsp3) is 0.636. The number of esters is 1. The Hall–Kier alpha value is -1.12. The monoisotopic (exact) mass is 194 g/mol. The molecular weight excluding hydrogens is 180 g/mol. The number of carbonyl (C=O) groups excluding carboxylic acids is 2. The molecule has 3 nitrogen and oxygen atoms in total. The summed E-state index contributed by atoms with van der Waals surface area (Å²) < 4.78 is 4.94. The first kappa shape index (κ1) is 9.44. The molecule has 1 aliphatic heterocycles. The van der Waals surface area contributed by atoms with Gasteiger partial charge in [-0.3, -0.25) is 4.79 Å². The zero-order valence-corrected chi connectivity index (χ0v) is 8.29. The van der Waals surface area contributed by atoms with Crippen molar-refractivity contribution in [1.29, 1.82) is 0 Å². The summed E-state index contributed by atoms with van der Waals surface area (Å²) in [5.74, 6) is 0.412. The average molecular weight is 194 g/mol. The van der Waals surface area contributed by atoms with Crippen LogP contribution in [0, 0.1) is 11.8 Å². The highest BCUT2D eigenvalue weighted by atomic mass is 16.5. The normalized spacial score (nSPS) is 32.8. The van der Waals surface area contributed by atoms with Crippen LogP contribution in [-0.2, 0) is 14.3 Å². The molecular formula is C11H14O3. The maximum atomic E-state index is 11.5. The van der Waals surface area contributed by atoms with Crippen LogP contribution in [-0.4, -0.2) is 18.4 Å². The molecule has 0 aromatic carbocycles. The van der Waals surface area contributed by atoms with Crippen LogP contribution < -0.4 is 0 Å². The molecule has 1 saturated heterocycles. The van der Waals surface area contributed by atoms with E-state index in [1.54, 1.807) is 0 Å². The maximum absolute atomic E-state index is 11.5. The van der Waals surface area contributed by atoms with Crippen LogP contribution in [0.4, 0.5) is 0 Å². The van der Waals surface area contributed by atoms with Gasteiger partial charge in [0.25, 0.3) is 0 Å². The van der Waals surface area contributed by atoms with Gasteiger partial charge in [-0.05, 0) is 12.3 Å². The van der Waals surface area contributed by atoms with Crippen molar-refractivity contribution in [2.24, 2.45) is 11.8 Å². The second kappa shape index (κ2) is 3.56. The third-order valence-corrected chi connectivity index (χ3v) is 2.88. The first-order valence-corrected chi connectivity index (χ1v) is 5.05. The summed E-state index contributed by atoms with van der Waals surface area (Å²) in [6.45, 7) is 2.43. The summed E-state index contributed by atoms with van der Waals surface area (Å²) in [4.78, 5) is 22.8. The quantitative estimate of drug-likeness (QED) is 0.548. The number of hydrogen-bond acceptors (Lipinski definition) is 3. The second-order valence-corrected chi connectivity index (χ2v) is 4.24. The van der Waals surface area contributed by atoms with E-state index in [9.17, 15) is 9.59 Å². The second-order valence-electron chi connectivity index (χ2n) is 4.24. The van der Waals surface area contributed by atoms with Gasteiger partial charge in [0, 0.05) is 24.3 Å². The van der Waals surface area contributed by atoms with Crippen LogP contribution >= 0.6 is 0 Å². The van der Waals surface area contributed by atoms with Crippen LogP contribution in [0.15, 0.2) is 11.6 Å². The van der Waals surface area contributed by atoms with Crippen LogP contribution in [0.25, 0.3) is 0 Å². The number of carbonyl (C=O) groups is 2. The lowest BCUT2D eigenvalue weighted by Crippen LogP contribution is -2.16. The van der Waals surface area contributed by atoms with Gasteiger partial charge in [0.1, 0.15) is 5.78 Å². The summed E-state index contributed by atoms with van der Waals surface area (Å²) in [7, 11) is 0. The SMILES string of the molecule is C[C@H]1CC=C2C(=O)OC[C@@H]2CC(=O)C1. The number of Topliss-reactive ketones (excluding diaryl/α,β-unsaturated/α-hetero) is 1. The molecule has 3 heteroatoms. The minimum Gasteiger partial charge on any atom is -0.462 e. The van der Waals surface area contributed by atoms with Gasteiger partial charge in [0.15, 0.2) is 0 Å². The van der Waals surface area contributed by atoms with Gasteiger partial charge in [0.2, 0.25) is 0 Å². The van der Waals surface area contributed by atoms with E-state index in [1.165, 1.54) is 0 Å². The van der Waals surface area contributed by atoms with Gasteiger partial charge >= 0.3 is 5.97 Å². The van der Waals surface area contributed by atoms with E-state index in [0.29, 0.717) is 25.4 Å². The molecule has 0 N–H and O–H groups in total. The van der Waals surface area contributed by atoms with Gasteiger partial charge in [-0.1, -0.05) is 13.0 Å². The Kier molecular flexibility index (Phi) is 2.40. The number of cyclic esters (lactones) is 1. The maximum Gasteiger partial charge on any atom is 0.334 e. The summed E-state index contributed by atoms with van der Waals surface area (Å²) in [5, 5.41) is 0. The molecule has 2 atom stereocenters. The van der Waals surface area contributed by atoms with Crippen LogP contribution in [0.3, 0.4) is 0 Å². The molecule has 0 aromatic heterocycles. The van der Waals surface area contributed by atoms with Crippen molar-refractivity contribution in [1.82, 2.24) is 0 Å². The lowest BCUT2D eigenvalue weighted by Gasteiger charge is -2.14. The third kappa shape index (κ3) is 1.72. The molecule has 0 spiro atoms. The highest BCUT2D eigenvalue weighted by molar-refractivity contribution is 5.93. The Bertz CT molecular complexity index is 304. The molecule has 0 amide bonds. The van der Waals surface area contributed by atoms with E-state index in [2.05, 4.69) is 0 Å². The number of hydrogen-bond donors (Lipinski definition) is 0. The fourth-order valence-electron chi connectivity index (χ4n) is 2.09. The zero-order chi connectivity index (χ0) is 10.1. The first-order chi connectivity index (χ1) is 6.66. The van der Waals surface area contributed by atoms with Crippen molar-refractivity contribution in [2.45, 2.75) is 26.2 Å². The van der Waals surface area contributed by atoms with Crippen molar-refractivity contribution in [3.8, 4) is 0 Å². The minimum absolute atomic E-state index is 0.0301. The van der Waals surface area contributed by atoms with Crippen molar-refractivity contribution < 1.29 is 14.3 Å². The highest BCUT2D eigenvalue weighted by Crippen LogP contribution is 2.29. The highest BCUT2D eigenvalue weighted by Gasteiger charge is 2.33. The van der Waals surface area contributed by atoms with E-state index >= 15 is 0 Å². The molecule has 0 radical (unpaired) electrons. The molecule has 14 heavy (non-hydrogen) atoms. The van der Waals surface area contributed by atoms with Gasteiger partial charge in [-0.2, -0.15) is 0 Å². The van der Waals surface area contributed by atoms with E-state index in [4.69, 9.17) is 4.74 Å². The minimum atomic E-state index is -0.225. The standard InChI is InChI=1S/C11H14O3/c1-7-2-3-10-8(5-9(12)4-7)6-14-11(10)13/h3,7-8H,2,4-6H2,1H3/t7-,8-/m0/s1.